The van der Waals surface area contributed by atoms with Gasteiger partial charge < -0.3 is 5.73 Å². The molecule has 0 aliphatic rings. The van der Waals surface area contributed by atoms with Crippen molar-refractivity contribution >= 4 is 0 Å². The van der Waals surface area contributed by atoms with Crippen molar-refractivity contribution in [2.75, 3.05) is 0 Å². The van der Waals surface area contributed by atoms with E-state index in [1.54, 1.807) is 0 Å². The van der Waals surface area contributed by atoms with Gasteiger partial charge in [-0.15, -0.1) is 0 Å². The molecule has 0 atom stereocenters. The molecule has 0 aliphatic heterocycles. The summed E-state index contributed by atoms with van der Waals surface area (Å²) in [6.07, 6.45) is 1.86. The normalized spacial score (nSPS) is 9.56. The van der Waals surface area contributed by atoms with Gasteiger partial charge in [0.1, 0.15) is 6.54 Å². The molecular formula is C7H11N2+. The van der Waals surface area contributed by atoms with Gasteiger partial charge in [0, 0.05) is 17.5 Å². The molecule has 2 nitrogen and oxygen atoms in total. The van der Waals surface area contributed by atoms with Gasteiger partial charge in [0.15, 0.2) is 0 Å². The maximum absolute atomic E-state index is 4.11. The Kier molecular flexibility index (Phi) is 1.80. The van der Waals surface area contributed by atoms with Crippen LogP contribution in [0.4, 0.5) is 0 Å². The summed E-state index contributed by atoms with van der Waals surface area (Å²) < 4.78 is 0. The highest BCUT2D eigenvalue weighted by Crippen LogP contribution is 1.95. The van der Waals surface area contributed by atoms with E-state index >= 15 is 0 Å². The number of aryl methyl sites for hydroxylation is 1. The number of quaternary nitrogens is 1. The molecule has 9 heavy (non-hydrogen) atoms. The lowest BCUT2D eigenvalue weighted by molar-refractivity contribution is -0.386. The fraction of sp³-hybridized carbons (Fsp3) is 0.286. The van der Waals surface area contributed by atoms with Crippen LogP contribution in [0.25, 0.3) is 0 Å². The summed E-state index contributed by atoms with van der Waals surface area (Å²) in [7, 11) is 0. The Morgan fingerprint density at radius 2 is 2.33 bits per heavy atom. The summed E-state index contributed by atoms with van der Waals surface area (Å²) in [5.41, 5.74) is 6.00. The van der Waals surface area contributed by atoms with E-state index in [1.807, 2.05) is 19.2 Å². The topological polar surface area (TPSA) is 40.5 Å². The summed E-state index contributed by atoms with van der Waals surface area (Å²) in [5, 5.41) is 0. The third kappa shape index (κ3) is 1.50. The van der Waals surface area contributed by atoms with Crippen molar-refractivity contribution < 1.29 is 5.73 Å². The van der Waals surface area contributed by atoms with Crippen molar-refractivity contribution in [1.29, 1.82) is 0 Å². The van der Waals surface area contributed by atoms with Crippen molar-refractivity contribution in [3.63, 3.8) is 0 Å². The summed E-state index contributed by atoms with van der Waals surface area (Å²) in [6, 6.07) is 4.05. The van der Waals surface area contributed by atoms with Crippen LogP contribution in [0.15, 0.2) is 18.3 Å². The SMILES string of the molecule is Cc1ccc(C[NH3+])cn1. The molecule has 1 rings (SSSR count). The second-order valence-electron chi connectivity index (χ2n) is 2.06. The van der Waals surface area contributed by atoms with E-state index in [0.717, 1.165) is 12.2 Å². The molecule has 0 amide bonds. The predicted molar refractivity (Wildman–Crippen MR) is 35.6 cm³/mol. The van der Waals surface area contributed by atoms with Crippen LogP contribution in [-0.2, 0) is 6.54 Å². The van der Waals surface area contributed by atoms with E-state index in [-0.39, 0.29) is 0 Å². The van der Waals surface area contributed by atoms with Crippen molar-refractivity contribution in [3.05, 3.63) is 29.6 Å². The van der Waals surface area contributed by atoms with Gasteiger partial charge in [-0.25, -0.2) is 0 Å². The summed E-state index contributed by atoms with van der Waals surface area (Å²) in [4.78, 5) is 4.11. The molecule has 0 unspecified atom stereocenters. The summed E-state index contributed by atoms with van der Waals surface area (Å²) in [5.74, 6) is 0. The first-order valence-corrected chi connectivity index (χ1v) is 3.03. The highest BCUT2D eigenvalue weighted by atomic mass is 14.7. The standard InChI is InChI=1S/C7H10N2/c1-6-2-3-7(4-8)5-9-6/h2-3,5H,4,8H2,1H3/p+1. The van der Waals surface area contributed by atoms with Gasteiger partial charge in [-0.2, -0.15) is 0 Å². The Morgan fingerprint density at radius 3 is 2.78 bits per heavy atom. The van der Waals surface area contributed by atoms with Gasteiger partial charge in [-0.05, 0) is 13.0 Å². The van der Waals surface area contributed by atoms with E-state index in [0.29, 0.717) is 0 Å². The number of aromatic nitrogens is 1. The number of hydrogen-bond donors (Lipinski definition) is 1. The molecule has 0 saturated heterocycles. The molecule has 0 aliphatic carbocycles. The molecule has 2 heteroatoms. The van der Waals surface area contributed by atoms with Gasteiger partial charge in [0.25, 0.3) is 0 Å². The van der Waals surface area contributed by atoms with E-state index in [4.69, 9.17) is 0 Å². The third-order valence-corrected chi connectivity index (χ3v) is 1.26. The van der Waals surface area contributed by atoms with Gasteiger partial charge in [-0.1, -0.05) is 6.07 Å². The van der Waals surface area contributed by atoms with Crippen LogP contribution >= 0.6 is 0 Å². The van der Waals surface area contributed by atoms with E-state index in [1.165, 1.54) is 5.56 Å². The third-order valence-electron chi connectivity index (χ3n) is 1.26. The van der Waals surface area contributed by atoms with Crippen LogP contribution in [0.1, 0.15) is 11.3 Å². The maximum atomic E-state index is 4.11. The van der Waals surface area contributed by atoms with Crippen molar-refractivity contribution in [2.45, 2.75) is 13.5 Å². The average Bonchev–Trinajstić information content (AvgIpc) is 1.90. The zero-order chi connectivity index (χ0) is 6.69. The highest BCUT2D eigenvalue weighted by Gasteiger charge is 1.88. The minimum Gasteiger partial charge on any atom is -0.354 e. The Morgan fingerprint density at radius 1 is 1.56 bits per heavy atom. The second kappa shape index (κ2) is 2.60. The molecule has 0 fully saturated rings. The maximum Gasteiger partial charge on any atom is 0.101 e. The molecule has 0 bridgehead atoms. The first-order chi connectivity index (χ1) is 4.33. The second-order valence-corrected chi connectivity index (χ2v) is 2.06. The van der Waals surface area contributed by atoms with Crippen molar-refractivity contribution in [2.24, 2.45) is 0 Å². The van der Waals surface area contributed by atoms with E-state index < -0.39 is 0 Å². The fourth-order valence-corrected chi connectivity index (χ4v) is 0.646. The molecule has 1 aromatic heterocycles. The molecule has 1 aromatic rings. The van der Waals surface area contributed by atoms with Gasteiger partial charge in [0.05, 0.1) is 0 Å². The van der Waals surface area contributed by atoms with Crippen molar-refractivity contribution in [3.8, 4) is 0 Å². The molecular weight excluding hydrogens is 112 g/mol. The molecule has 3 N–H and O–H groups in total. The average molecular weight is 123 g/mol. The lowest BCUT2D eigenvalue weighted by Gasteiger charge is -1.91. The molecule has 0 radical (unpaired) electrons. The zero-order valence-electron chi connectivity index (χ0n) is 5.59. The smallest absolute Gasteiger partial charge is 0.101 e. The quantitative estimate of drug-likeness (QED) is 0.566. The largest absolute Gasteiger partial charge is 0.354 e. The molecule has 0 saturated carbocycles. The molecule has 1 heterocycles. The van der Waals surface area contributed by atoms with Crippen LogP contribution in [0.3, 0.4) is 0 Å². The Bertz CT molecular complexity index is 179. The van der Waals surface area contributed by atoms with Crippen LogP contribution in [0.2, 0.25) is 0 Å². The predicted octanol–water partition coefficient (Wildman–Crippen LogP) is 0.132. The minimum absolute atomic E-state index is 0.827. The molecule has 0 aromatic carbocycles. The van der Waals surface area contributed by atoms with Crippen LogP contribution < -0.4 is 5.73 Å². The number of pyridine rings is 1. The van der Waals surface area contributed by atoms with Crippen LogP contribution in [0, 0.1) is 6.92 Å². The summed E-state index contributed by atoms with van der Waals surface area (Å²) in [6.45, 7) is 2.81. The van der Waals surface area contributed by atoms with Crippen LogP contribution in [-0.4, -0.2) is 4.98 Å². The van der Waals surface area contributed by atoms with Gasteiger partial charge >= 0.3 is 0 Å². The number of nitrogens with zero attached hydrogens (tertiary/aromatic N) is 1. The first kappa shape index (κ1) is 6.23. The Balaban J connectivity index is 2.88. The zero-order valence-corrected chi connectivity index (χ0v) is 5.59. The first-order valence-electron chi connectivity index (χ1n) is 3.03. The van der Waals surface area contributed by atoms with Crippen LogP contribution in [0.5, 0.6) is 0 Å². The van der Waals surface area contributed by atoms with E-state index in [9.17, 15) is 0 Å². The number of rotatable bonds is 1. The Hall–Kier alpha value is -0.890. The molecule has 0 spiro atoms. The minimum atomic E-state index is 0.827. The lowest BCUT2D eigenvalue weighted by Crippen LogP contribution is -2.47. The van der Waals surface area contributed by atoms with Gasteiger partial charge in [0.2, 0.25) is 0 Å². The van der Waals surface area contributed by atoms with E-state index in [2.05, 4.69) is 16.8 Å². The number of hydrogen-bond acceptors (Lipinski definition) is 1. The summed E-state index contributed by atoms with van der Waals surface area (Å²) >= 11 is 0. The molecule has 48 valence electrons. The highest BCUT2D eigenvalue weighted by molar-refractivity contribution is 5.11. The van der Waals surface area contributed by atoms with Gasteiger partial charge in [-0.3, -0.25) is 4.98 Å². The Labute approximate surface area is 54.7 Å². The fourth-order valence-electron chi connectivity index (χ4n) is 0.646. The monoisotopic (exact) mass is 123 g/mol. The van der Waals surface area contributed by atoms with Crippen molar-refractivity contribution in [1.82, 2.24) is 4.98 Å². The lowest BCUT2D eigenvalue weighted by atomic mass is 10.2.